The predicted molar refractivity (Wildman–Crippen MR) is 152 cm³/mol. The van der Waals surface area contributed by atoms with E-state index >= 15 is 0 Å². The molecule has 0 radical (unpaired) electrons. The minimum Gasteiger partial charge on any atom is -0.493 e. The minimum atomic E-state index is -1.21. The molecule has 9 nitrogen and oxygen atoms in total. The normalized spacial score (nSPS) is 12.4. The maximum atomic E-state index is 13.9. The monoisotopic (exact) mass is 539 g/mol. The number of carbonyl (C=O) groups excluding carboxylic acids is 1. The number of fused-ring (bicyclic) bond motifs is 5. The number of methoxy groups -OCH3 is 2. The van der Waals surface area contributed by atoms with E-state index in [1.165, 1.54) is 11.7 Å². The van der Waals surface area contributed by atoms with Crippen molar-refractivity contribution in [3.63, 3.8) is 0 Å². The average molecular weight is 540 g/mol. The Morgan fingerprint density at radius 2 is 1.66 bits per heavy atom. The van der Waals surface area contributed by atoms with Crippen LogP contribution in [-0.2, 0) is 27.5 Å². The third-order valence-electron chi connectivity index (χ3n) is 6.25. The predicted octanol–water partition coefficient (Wildman–Crippen LogP) is 5.18. The van der Waals surface area contributed by atoms with Gasteiger partial charge in [-0.15, -0.1) is 0 Å². The van der Waals surface area contributed by atoms with Gasteiger partial charge in [-0.05, 0) is 45.0 Å². The Labute approximate surface area is 223 Å². The number of benzene rings is 1. The summed E-state index contributed by atoms with van der Waals surface area (Å²) in [5.74, 6) is 0.426. The molecule has 3 aromatic heterocycles. The molecule has 0 atom stereocenters. The molecule has 0 saturated heterocycles. The van der Waals surface area contributed by atoms with Gasteiger partial charge in [0.05, 0.1) is 25.1 Å². The smallest absolute Gasteiger partial charge is 0.326 e. The van der Waals surface area contributed by atoms with Gasteiger partial charge in [0.2, 0.25) is 0 Å². The Bertz CT molecular complexity index is 1560. The summed E-state index contributed by atoms with van der Waals surface area (Å²) >= 11 is 0. The summed E-state index contributed by atoms with van der Waals surface area (Å²) in [5, 5.41) is 2.52. The van der Waals surface area contributed by atoms with Gasteiger partial charge >= 0.3 is 5.97 Å². The lowest BCUT2D eigenvalue weighted by Crippen LogP contribution is -2.31. The Hall–Kier alpha value is -3.37. The molecule has 3 heterocycles. The second kappa shape index (κ2) is 10.4. The number of rotatable bonds is 9. The van der Waals surface area contributed by atoms with Crippen molar-refractivity contribution in [2.45, 2.75) is 65.3 Å². The van der Waals surface area contributed by atoms with Crippen molar-refractivity contribution in [1.29, 1.82) is 0 Å². The van der Waals surface area contributed by atoms with Crippen LogP contribution in [0.1, 0.15) is 20.8 Å². The van der Waals surface area contributed by atoms with Crippen molar-refractivity contribution in [1.82, 2.24) is 14.1 Å². The van der Waals surface area contributed by atoms with E-state index in [9.17, 15) is 9.59 Å². The number of ether oxygens (including phenoxy) is 4. The van der Waals surface area contributed by atoms with Crippen molar-refractivity contribution >= 4 is 46.8 Å². The highest BCUT2D eigenvalue weighted by atomic mass is 28.3. The van der Waals surface area contributed by atoms with Gasteiger partial charge in [0.1, 0.15) is 24.5 Å². The zero-order valence-corrected chi connectivity index (χ0v) is 24.5. The maximum Gasteiger partial charge on any atom is 0.326 e. The van der Waals surface area contributed by atoms with Gasteiger partial charge in [-0.3, -0.25) is 14.2 Å². The van der Waals surface area contributed by atoms with Gasteiger partial charge in [-0.2, -0.15) is 0 Å². The molecule has 38 heavy (non-hydrogen) atoms. The minimum absolute atomic E-state index is 0.242. The van der Waals surface area contributed by atoms with E-state index in [0.717, 1.165) is 11.4 Å². The van der Waals surface area contributed by atoms with Gasteiger partial charge in [-0.25, -0.2) is 4.98 Å². The molecule has 0 unspecified atom stereocenters. The van der Waals surface area contributed by atoms with E-state index in [1.54, 1.807) is 46.2 Å². The van der Waals surface area contributed by atoms with Crippen LogP contribution in [0.3, 0.4) is 0 Å². The summed E-state index contributed by atoms with van der Waals surface area (Å²) in [6.45, 7) is 13.1. The standard InChI is InChI=1S/C28H37N3O6Si/c1-28(2,3)37-24(32)16-31-25-18-9-10-30(17-36-11-12-38(6,7)8)26(18)29-15-21(25)19-13-22(34-4)23(35-5)14-20(19)27(31)33/h9-10,13-15H,11-12,16-17H2,1-8H3. The third kappa shape index (κ3) is 5.71. The van der Waals surface area contributed by atoms with Crippen molar-refractivity contribution in [3.8, 4) is 11.5 Å². The summed E-state index contributed by atoms with van der Waals surface area (Å²) in [6.07, 6.45) is 3.63. The van der Waals surface area contributed by atoms with Crippen molar-refractivity contribution in [2.75, 3.05) is 20.8 Å². The topological polar surface area (TPSA) is 93.8 Å². The summed E-state index contributed by atoms with van der Waals surface area (Å²) in [7, 11) is 1.86. The molecule has 0 amide bonds. The summed E-state index contributed by atoms with van der Waals surface area (Å²) in [4.78, 5) is 31.5. The van der Waals surface area contributed by atoms with Crippen LogP contribution in [0.15, 0.2) is 35.4 Å². The van der Waals surface area contributed by atoms with Crippen LogP contribution < -0.4 is 15.0 Å². The molecule has 10 heteroatoms. The molecule has 0 spiro atoms. The van der Waals surface area contributed by atoms with Crippen LogP contribution in [0.5, 0.6) is 11.5 Å². The largest absolute Gasteiger partial charge is 0.493 e. The van der Waals surface area contributed by atoms with Crippen LogP contribution >= 0.6 is 0 Å². The van der Waals surface area contributed by atoms with Crippen LogP contribution in [0.4, 0.5) is 0 Å². The molecule has 0 aliphatic rings. The molecule has 4 aromatic rings. The zero-order chi connectivity index (χ0) is 27.8. The van der Waals surface area contributed by atoms with E-state index in [2.05, 4.69) is 19.6 Å². The molecular formula is C28H37N3O6Si. The maximum absolute atomic E-state index is 13.9. The Morgan fingerprint density at radius 1 is 1.00 bits per heavy atom. The van der Waals surface area contributed by atoms with Crippen molar-refractivity contribution in [2.24, 2.45) is 0 Å². The summed E-state index contributed by atoms with van der Waals surface area (Å²) in [6, 6.07) is 6.39. The molecule has 204 valence electrons. The Balaban J connectivity index is 1.91. The van der Waals surface area contributed by atoms with Crippen LogP contribution in [0.25, 0.3) is 32.7 Å². The van der Waals surface area contributed by atoms with Gasteiger partial charge in [-0.1, -0.05) is 19.6 Å². The molecule has 0 aliphatic heterocycles. The first-order chi connectivity index (χ1) is 17.8. The molecule has 0 N–H and O–H groups in total. The second-order valence-corrected chi connectivity index (χ2v) is 17.2. The van der Waals surface area contributed by atoms with Gasteiger partial charge < -0.3 is 23.5 Å². The molecular weight excluding hydrogens is 502 g/mol. The van der Waals surface area contributed by atoms with E-state index < -0.39 is 19.6 Å². The molecule has 0 saturated carbocycles. The molecule has 4 rings (SSSR count). The van der Waals surface area contributed by atoms with Crippen LogP contribution in [-0.4, -0.2) is 54.6 Å². The highest BCUT2D eigenvalue weighted by Gasteiger charge is 2.23. The Morgan fingerprint density at radius 3 is 2.26 bits per heavy atom. The van der Waals surface area contributed by atoms with E-state index in [4.69, 9.17) is 23.9 Å². The fraction of sp³-hybridized carbons (Fsp3) is 0.464. The lowest BCUT2D eigenvalue weighted by molar-refractivity contribution is -0.155. The highest BCUT2D eigenvalue weighted by molar-refractivity contribution is 6.76. The molecule has 0 fully saturated rings. The fourth-order valence-corrected chi connectivity index (χ4v) is 5.19. The lowest BCUT2D eigenvalue weighted by atomic mass is 10.0. The van der Waals surface area contributed by atoms with Crippen LogP contribution in [0, 0.1) is 0 Å². The quantitative estimate of drug-likeness (QED) is 0.125. The van der Waals surface area contributed by atoms with E-state index in [0.29, 0.717) is 52.2 Å². The zero-order valence-electron chi connectivity index (χ0n) is 23.5. The van der Waals surface area contributed by atoms with Gasteiger partial charge in [0.25, 0.3) is 5.56 Å². The average Bonchev–Trinajstić information content (AvgIpc) is 3.24. The number of esters is 1. The molecule has 0 aliphatic carbocycles. The fourth-order valence-electron chi connectivity index (χ4n) is 4.44. The van der Waals surface area contributed by atoms with E-state index in [-0.39, 0.29) is 12.1 Å². The first kappa shape index (κ1) is 27.7. The number of hydrogen-bond acceptors (Lipinski definition) is 7. The van der Waals surface area contributed by atoms with E-state index in [1.807, 2.05) is 16.8 Å². The van der Waals surface area contributed by atoms with Gasteiger partial charge in [0, 0.05) is 43.2 Å². The first-order valence-electron chi connectivity index (χ1n) is 12.7. The van der Waals surface area contributed by atoms with Crippen LogP contribution in [0.2, 0.25) is 25.7 Å². The number of pyridine rings is 2. The summed E-state index contributed by atoms with van der Waals surface area (Å²) in [5.41, 5.74) is 0.261. The SMILES string of the molecule is COc1cc2c(=O)n(CC(=O)OC(C)(C)C)c3c(cnc4c3ccn4COCC[Si](C)(C)C)c2cc1OC. The number of nitrogens with zero attached hydrogens (tertiary/aromatic N) is 3. The van der Waals surface area contributed by atoms with Crippen molar-refractivity contribution < 1.29 is 23.7 Å². The Kier molecular flexibility index (Phi) is 7.58. The number of aromatic nitrogens is 3. The molecule has 1 aromatic carbocycles. The number of hydrogen-bond donors (Lipinski definition) is 0. The van der Waals surface area contributed by atoms with Crippen molar-refractivity contribution in [3.05, 3.63) is 40.9 Å². The summed E-state index contributed by atoms with van der Waals surface area (Å²) < 4.78 is 25.9. The number of carbonyl (C=O) groups is 1. The third-order valence-corrected chi connectivity index (χ3v) is 7.96. The van der Waals surface area contributed by atoms with Gasteiger partial charge in [0.15, 0.2) is 11.5 Å². The highest BCUT2D eigenvalue weighted by Crippen LogP contribution is 2.36. The molecule has 0 bridgehead atoms. The second-order valence-electron chi connectivity index (χ2n) is 11.6. The first-order valence-corrected chi connectivity index (χ1v) is 16.4. The lowest BCUT2D eigenvalue weighted by Gasteiger charge is -2.21.